The quantitative estimate of drug-likeness (QED) is 0.210. The van der Waals surface area contributed by atoms with Gasteiger partial charge in [0.15, 0.2) is 5.11 Å². The van der Waals surface area contributed by atoms with Crippen molar-refractivity contribution in [1.82, 2.24) is 5.32 Å². The maximum absolute atomic E-state index is 13.5. The molecule has 0 spiro atoms. The second-order valence-corrected chi connectivity index (χ2v) is 8.67. The largest absolute Gasteiger partial charge is 0.496 e. The van der Waals surface area contributed by atoms with Gasteiger partial charge in [0.1, 0.15) is 17.5 Å². The number of carbonyl (C=O) groups is 1. The molecule has 3 aromatic rings. The molecular formula is C26H28N4O4S. The number of para-hydroxylation sites is 1. The van der Waals surface area contributed by atoms with Crippen molar-refractivity contribution in [2.75, 3.05) is 17.7 Å². The van der Waals surface area contributed by atoms with Crippen LogP contribution in [0.5, 0.6) is 5.75 Å². The number of anilines is 2. The number of nitro benzene ring substituents is 1. The normalized spacial score (nSPS) is 11.5. The lowest BCUT2D eigenvalue weighted by Crippen LogP contribution is -2.39. The lowest BCUT2D eigenvalue weighted by Gasteiger charge is -2.23. The molecule has 3 rings (SSSR count). The summed E-state index contributed by atoms with van der Waals surface area (Å²) in [5.74, 6) is 0.259. The van der Waals surface area contributed by atoms with Crippen LogP contribution in [0.2, 0.25) is 0 Å². The molecule has 35 heavy (non-hydrogen) atoms. The highest BCUT2D eigenvalue weighted by molar-refractivity contribution is 7.80. The number of carbonyl (C=O) groups excluding carboxylic acids is 1. The minimum atomic E-state index is -0.840. The SMILES string of the molecule is COc1ccc(NC(=S)NC(C(=O)Nc2c(C)cccc2C(C)C)c2ccccc2)c([N+](=O)[O-])c1. The van der Waals surface area contributed by atoms with E-state index in [1.807, 2.05) is 55.5 Å². The maximum atomic E-state index is 13.5. The van der Waals surface area contributed by atoms with Gasteiger partial charge in [0.05, 0.1) is 18.1 Å². The van der Waals surface area contributed by atoms with Crippen molar-refractivity contribution >= 4 is 40.3 Å². The lowest BCUT2D eigenvalue weighted by atomic mass is 9.97. The van der Waals surface area contributed by atoms with Crippen LogP contribution >= 0.6 is 12.2 Å². The minimum absolute atomic E-state index is 0.0659. The predicted molar refractivity (Wildman–Crippen MR) is 142 cm³/mol. The molecule has 182 valence electrons. The number of hydrogen-bond acceptors (Lipinski definition) is 5. The number of nitro groups is 1. The number of aryl methyl sites for hydroxylation is 1. The van der Waals surface area contributed by atoms with Crippen LogP contribution < -0.4 is 20.7 Å². The molecule has 9 heteroatoms. The number of methoxy groups -OCH3 is 1. The third kappa shape index (κ3) is 6.33. The molecule has 0 aromatic heterocycles. The number of hydrogen-bond donors (Lipinski definition) is 3. The zero-order valence-corrected chi connectivity index (χ0v) is 20.8. The van der Waals surface area contributed by atoms with Gasteiger partial charge in [-0.25, -0.2) is 0 Å². The Balaban J connectivity index is 1.88. The van der Waals surface area contributed by atoms with Crippen molar-refractivity contribution in [2.45, 2.75) is 32.7 Å². The number of amides is 1. The van der Waals surface area contributed by atoms with Gasteiger partial charge in [-0.3, -0.25) is 14.9 Å². The molecular weight excluding hydrogens is 464 g/mol. The molecule has 0 bridgehead atoms. The molecule has 1 amide bonds. The summed E-state index contributed by atoms with van der Waals surface area (Å²) >= 11 is 5.44. The van der Waals surface area contributed by atoms with Gasteiger partial charge in [-0.15, -0.1) is 0 Å². The summed E-state index contributed by atoms with van der Waals surface area (Å²) in [5.41, 5.74) is 3.42. The van der Waals surface area contributed by atoms with Crippen LogP contribution in [0, 0.1) is 17.0 Å². The molecule has 3 aromatic carbocycles. The fourth-order valence-corrected chi connectivity index (χ4v) is 3.90. The Hall–Kier alpha value is -3.98. The highest BCUT2D eigenvalue weighted by Crippen LogP contribution is 2.30. The molecule has 0 heterocycles. The van der Waals surface area contributed by atoms with Crippen LogP contribution in [0.4, 0.5) is 17.1 Å². The van der Waals surface area contributed by atoms with Gasteiger partial charge in [-0.05, 0) is 53.9 Å². The van der Waals surface area contributed by atoms with Gasteiger partial charge in [-0.1, -0.05) is 62.4 Å². The number of nitrogens with zero attached hydrogens (tertiary/aromatic N) is 1. The summed E-state index contributed by atoms with van der Waals surface area (Å²) in [7, 11) is 1.43. The first-order valence-electron chi connectivity index (χ1n) is 11.1. The smallest absolute Gasteiger partial charge is 0.296 e. The van der Waals surface area contributed by atoms with E-state index in [1.165, 1.54) is 19.2 Å². The van der Waals surface area contributed by atoms with Crippen LogP contribution in [-0.2, 0) is 4.79 Å². The summed E-state index contributed by atoms with van der Waals surface area (Å²) < 4.78 is 5.08. The number of rotatable bonds is 8. The van der Waals surface area contributed by atoms with E-state index in [-0.39, 0.29) is 28.3 Å². The first-order valence-corrected chi connectivity index (χ1v) is 11.5. The van der Waals surface area contributed by atoms with Crippen LogP contribution in [0.1, 0.15) is 42.5 Å². The predicted octanol–water partition coefficient (Wildman–Crippen LogP) is 5.70. The van der Waals surface area contributed by atoms with Crippen molar-refractivity contribution in [3.63, 3.8) is 0 Å². The van der Waals surface area contributed by atoms with E-state index in [4.69, 9.17) is 17.0 Å². The Kier molecular flexibility index (Phi) is 8.38. The number of benzene rings is 3. The highest BCUT2D eigenvalue weighted by Gasteiger charge is 2.24. The molecule has 0 aliphatic rings. The second-order valence-electron chi connectivity index (χ2n) is 8.27. The summed E-state index contributed by atoms with van der Waals surface area (Å²) in [6.45, 7) is 6.08. The van der Waals surface area contributed by atoms with E-state index in [2.05, 4.69) is 29.8 Å². The first kappa shape index (κ1) is 25.6. The topological polar surface area (TPSA) is 106 Å². The van der Waals surface area contributed by atoms with Crippen LogP contribution in [0.25, 0.3) is 0 Å². The number of ether oxygens (including phenoxy) is 1. The summed E-state index contributed by atoms with van der Waals surface area (Å²) in [5, 5.41) is 20.5. The molecule has 0 saturated carbocycles. The minimum Gasteiger partial charge on any atom is -0.496 e. The van der Waals surface area contributed by atoms with Crippen molar-refractivity contribution < 1.29 is 14.5 Å². The first-order chi connectivity index (χ1) is 16.7. The fourth-order valence-electron chi connectivity index (χ4n) is 3.67. The van der Waals surface area contributed by atoms with Crippen LogP contribution in [0.15, 0.2) is 66.7 Å². The Morgan fingerprint density at radius 2 is 1.74 bits per heavy atom. The third-order valence-corrected chi connectivity index (χ3v) is 5.72. The molecule has 0 fully saturated rings. The number of nitrogens with one attached hydrogen (secondary N) is 3. The van der Waals surface area contributed by atoms with Gasteiger partial charge < -0.3 is 20.7 Å². The average molecular weight is 493 g/mol. The van der Waals surface area contributed by atoms with Crippen LogP contribution in [-0.4, -0.2) is 23.1 Å². The lowest BCUT2D eigenvalue weighted by molar-refractivity contribution is -0.384. The van der Waals surface area contributed by atoms with Gasteiger partial charge in [0.2, 0.25) is 0 Å². The van der Waals surface area contributed by atoms with Crippen molar-refractivity contribution in [3.8, 4) is 5.75 Å². The molecule has 1 atom stereocenters. The van der Waals surface area contributed by atoms with E-state index in [0.717, 1.165) is 16.8 Å². The summed E-state index contributed by atoms with van der Waals surface area (Å²) in [6.07, 6.45) is 0. The molecule has 0 radical (unpaired) electrons. The molecule has 0 saturated heterocycles. The van der Waals surface area contributed by atoms with Crippen molar-refractivity contribution in [1.29, 1.82) is 0 Å². The Labute approximate surface area is 209 Å². The molecule has 0 aliphatic heterocycles. The number of thiocarbonyl (C=S) groups is 1. The standard InChI is InChI=1S/C26H28N4O4S/c1-16(2)20-12-8-9-17(3)23(20)28-25(31)24(18-10-6-5-7-11-18)29-26(35)27-21-14-13-19(34-4)15-22(21)30(32)33/h5-16,24H,1-4H3,(H,28,31)(H2,27,29,35). The Morgan fingerprint density at radius 3 is 2.37 bits per heavy atom. The maximum Gasteiger partial charge on any atom is 0.296 e. The van der Waals surface area contributed by atoms with Gasteiger partial charge >= 0.3 is 0 Å². The molecule has 0 aliphatic carbocycles. The Bertz CT molecular complexity index is 1230. The summed E-state index contributed by atoms with van der Waals surface area (Å²) in [4.78, 5) is 24.5. The second kappa shape index (κ2) is 11.4. The highest BCUT2D eigenvalue weighted by atomic mass is 32.1. The third-order valence-electron chi connectivity index (χ3n) is 5.50. The summed E-state index contributed by atoms with van der Waals surface area (Å²) in [6, 6.07) is 18.6. The molecule has 1 unspecified atom stereocenters. The average Bonchev–Trinajstić information content (AvgIpc) is 2.84. The molecule has 8 nitrogen and oxygen atoms in total. The van der Waals surface area contributed by atoms with E-state index < -0.39 is 11.0 Å². The van der Waals surface area contributed by atoms with E-state index in [1.54, 1.807) is 6.07 Å². The van der Waals surface area contributed by atoms with Crippen molar-refractivity contribution in [2.24, 2.45) is 0 Å². The van der Waals surface area contributed by atoms with Crippen LogP contribution in [0.3, 0.4) is 0 Å². The van der Waals surface area contributed by atoms with E-state index in [9.17, 15) is 14.9 Å². The Morgan fingerprint density at radius 1 is 1.03 bits per heavy atom. The van der Waals surface area contributed by atoms with Gasteiger partial charge in [0, 0.05) is 5.69 Å². The zero-order valence-electron chi connectivity index (χ0n) is 20.0. The van der Waals surface area contributed by atoms with E-state index >= 15 is 0 Å². The monoisotopic (exact) mass is 492 g/mol. The van der Waals surface area contributed by atoms with Gasteiger partial charge in [-0.2, -0.15) is 0 Å². The molecule has 3 N–H and O–H groups in total. The van der Waals surface area contributed by atoms with Gasteiger partial charge in [0.25, 0.3) is 11.6 Å². The van der Waals surface area contributed by atoms with Crippen molar-refractivity contribution in [3.05, 3.63) is 93.5 Å². The van der Waals surface area contributed by atoms with E-state index in [0.29, 0.717) is 11.3 Å². The fraction of sp³-hybridized carbons (Fsp3) is 0.231. The zero-order chi connectivity index (χ0) is 25.5.